The molecular weight excluding hydrogens is 432 g/mol. The molecule has 0 spiro atoms. The molecule has 3 aromatic rings. The Morgan fingerprint density at radius 2 is 1.54 bits per heavy atom. The number of aryl methyl sites for hydroxylation is 1. The number of hydrogen-bond acceptors (Lipinski definition) is 3. The van der Waals surface area contributed by atoms with Crippen LogP contribution in [-0.2, 0) is 4.45 Å². The van der Waals surface area contributed by atoms with Gasteiger partial charge in [0, 0.05) is 11.3 Å². The van der Waals surface area contributed by atoms with Crippen LogP contribution in [-0.4, -0.2) is 16.2 Å². The van der Waals surface area contributed by atoms with E-state index in [9.17, 15) is 4.79 Å². The van der Waals surface area contributed by atoms with Gasteiger partial charge in [-0.1, -0.05) is 106 Å². The molecule has 140 valence electrons. The topological polar surface area (TPSA) is 44.2 Å². The lowest BCUT2D eigenvalue weighted by Crippen LogP contribution is -2.46. The average molecular weight is 451 g/mol. The number of nitrogens with one attached hydrogen (secondary N) is 1. The fraction of sp³-hybridized carbons (Fsp3) is 0.130. The van der Waals surface area contributed by atoms with Gasteiger partial charge < -0.3 is 0 Å². The van der Waals surface area contributed by atoms with Crippen molar-refractivity contribution in [2.45, 2.75) is 16.6 Å². The molecule has 1 N–H and O–H groups in total. The first-order valence-electron chi connectivity index (χ1n) is 8.97. The molecule has 4 rings (SSSR count). The zero-order valence-electron chi connectivity index (χ0n) is 15.3. The molecule has 5 heteroatoms. The first kappa shape index (κ1) is 19.0. The van der Waals surface area contributed by atoms with Gasteiger partial charge in [-0.2, -0.15) is 0 Å². The van der Waals surface area contributed by atoms with Gasteiger partial charge in [0.15, 0.2) is 11.0 Å². The Morgan fingerprint density at radius 1 is 0.964 bits per heavy atom. The Kier molecular flexibility index (Phi) is 5.13. The van der Waals surface area contributed by atoms with Gasteiger partial charge >= 0.3 is 0 Å². The number of benzene rings is 3. The molecule has 3 aromatic carbocycles. The van der Waals surface area contributed by atoms with Crippen molar-refractivity contribution in [3.8, 4) is 0 Å². The van der Waals surface area contributed by atoms with Crippen LogP contribution in [0.3, 0.4) is 0 Å². The van der Waals surface area contributed by atoms with Crippen LogP contribution in [0.2, 0.25) is 0 Å². The van der Waals surface area contributed by atoms with Gasteiger partial charge in [-0.3, -0.25) is 15.1 Å². The van der Waals surface area contributed by atoms with Crippen LogP contribution in [0.25, 0.3) is 0 Å². The van der Waals surface area contributed by atoms with Crippen LogP contribution >= 0.6 is 27.7 Å². The van der Waals surface area contributed by atoms with Crippen molar-refractivity contribution in [1.82, 2.24) is 0 Å². The molecule has 0 bridgehead atoms. The number of para-hydroxylation sites is 1. The minimum Gasteiger partial charge on any atom is -0.300 e. The third-order valence-electron chi connectivity index (χ3n) is 4.87. The first-order chi connectivity index (χ1) is 13.5. The second-order valence-electron chi connectivity index (χ2n) is 6.74. The number of hydrogen-bond donors (Lipinski definition) is 1. The van der Waals surface area contributed by atoms with Crippen molar-refractivity contribution in [2.24, 2.45) is 0 Å². The molecule has 1 fully saturated rings. The van der Waals surface area contributed by atoms with Gasteiger partial charge in [0.1, 0.15) is 9.70 Å². The summed E-state index contributed by atoms with van der Waals surface area (Å²) in [6.07, 6.45) is 0. The lowest BCUT2D eigenvalue weighted by molar-refractivity contribution is 0.0979. The first-order valence-corrected chi connectivity index (χ1v) is 10.6. The maximum absolute atomic E-state index is 13.5. The molecule has 2 atom stereocenters. The number of amidine groups is 1. The summed E-state index contributed by atoms with van der Waals surface area (Å²) >= 11 is 5.22. The fourth-order valence-electron chi connectivity index (χ4n) is 3.44. The molecule has 1 heterocycles. The highest BCUT2D eigenvalue weighted by Crippen LogP contribution is 2.53. The number of nitrogens with zero attached hydrogens (tertiary/aromatic N) is 1. The molecule has 28 heavy (non-hydrogen) atoms. The van der Waals surface area contributed by atoms with Crippen molar-refractivity contribution < 1.29 is 4.79 Å². The molecule has 0 aromatic heterocycles. The predicted molar refractivity (Wildman–Crippen MR) is 121 cm³/mol. The van der Waals surface area contributed by atoms with Crippen molar-refractivity contribution in [3.63, 3.8) is 0 Å². The smallest absolute Gasteiger partial charge is 0.179 e. The third-order valence-corrected chi connectivity index (χ3v) is 7.64. The van der Waals surface area contributed by atoms with E-state index in [0.29, 0.717) is 10.7 Å². The van der Waals surface area contributed by atoms with Gasteiger partial charge in [-0.25, -0.2) is 0 Å². The largest absolute Gasteiger partial charge is 0.300 e. The summed E-state index contributed by atoms with van der Waals surface area (Å²) in [5, 5.41) is 8.53. The van der Waals surface area contributed by atoms with Crippen LogP contribution in [0.5, 0.6) is 0 Å². The molecule has 0 amide bonds. The second kappa shape index (κ2) is 7.57. The van der Waals surface area contributed by atoms with E-state index in [4.69, 9.17) is 5.41 Å². The SMILES string of the molecule is Cc1ccc([C@@]2(Br)[C@H](C(=O)c3ccccc3)SC(=N)N2c2ccccc2)cc1. The number of rotatable bonds is 4. The molecule has 0 aliphatic carbocycles. The Bertz CT molecular complexity index is 1010. The van der Waals surface area contributed by atoms with Gasteiger partial charge in [-0.05, 0) is 24.6 Å². The summed E-state index contributed by atoms with van der Waals surface area (Å²) in [7, 11) is 0. The Morgan fingerprint density at radius 3 is 2.14 bits per heavy atom. The van der Waals surface area contributed by atoms with E-state index in [2.05, 4.69) is 15.9 Å². The minimum absolute atomic E-state index is 0.00577. The Balaban J connectivity index is 1.87. The van der Waals surface area contributed by atoms with Gasteiger partial charge in [0.05, 0.1) is 0 Å². The van der Waals surface area contributed by atoms with E-state index < -0.39 is 9.70 Å². The van der Waals surface area contributed by atoms with E-state index in [1.165, 1.54) is 11.8 Å². The number of carbonyl (C=O) groups excluding carboxylic acids is 1. The maximum Gasteiger partial charge on any atom is 0.179 e. The number of Topliss-reactive ketones (excluding diaryl/α,β-unsaturated/α-hetero) is 1. The van der Waals surface area contributed by atoms with Gasteiger partial charge in [0.2, 0.25) is 0 Å². The summed E-state index contributed by atoms with van der Waals surface area (Å²) in [5.74, 6) is 0.00577. The molecular formula is C23H19BrN2OS. The number of anilines is 1. The number of ketones is 1. The maximum atomic E-state index is 13.5. The van der Waals surface area contributed by atoms with Crippen LogP contribution in [0.4, 0.5) is 5.69 Å². The lowest BCUT2D eigenvalue weighted by atomic mass is 9.95. The number of thioether (sulfide) groups is 1. The highest BCUT2D eigenvalue weighted by Gasteiger charge is 2.55. The molecule has 0 saturated carbocycles. The molecule has 0 unspecified atom stereocenters. The van der Waals surface area contributed by atoms with Crippen molar-refractivity contribution in [3.05, 3.63) is 102 Å². The summed E-state index contributed by atoms with van der Waals surface area (Å²) in [6, 6.07) is 27.2. The van der Waals surface area contributed by atoms with E-state index in [-0.39, 0.29) is 5.78 Å². The van der Waals surface area contributed by atoms with E-state index in [0.717, 1.165) is 16.8 Å². The zero-order valence-corrected chi connectivity index (χ0v) is 17.7. The predicted octanol–water partition coefficient (Wildman–Crippen LogP) is 5.98. The summed E-state index contributed by atoms with van der Waals surface area (Å²) in [6.45, 7) is 2.04. The highest BCUT2D eigenvalue weighted by molar-refractivity contribution is 9.10. The van der Waals surface area contributed by atoms with Crippen molar-refractivity contribution >= 4 is 44.3 Å². The van der Waals surface area contributed by atoms with Crippen LogP contribution in [0.15, 0.2) is 84.9 Å². The van der Waals surface area contributed by atoms with Crippen LogP contribution in [0, 0.1) is 12.3 Å². The van der Waals surface area contributed by atoms with Crippen LogP contribution < -0.4 is 4.90 Å². The molecule has 0 radical (unpaired) electrons. The molecule has 1 aliphatic rings. The summed E-state index contributed by atoms with van der Waals surface area (Å²) in [5.41, 5.74) is 3.63. The summed E-state index contributed by atoms with van der Waals surface area (Å²) < 4.78 is -0.850. The molecule has 3 nitrogen and oxygen atoms in total. The lowest BCUT2D eigenvalue weighted by Gasteiger charge is -2.37. The standard InChI is InChI=1S/C23H19BrN2OS/c1-16-12-14-18(15-13-16)23(24)21(20(27)17-8-4-2-5-9-17)28-22(25)26(23)19-10-6-3-7-11-19/h2-15,21,25H,1H3/t21-,23-/m0/s1. The van der Waals surface area contributed by atoms with E-state index >= 15 is 0 Å². The fourth-order valence-corrected chi connectivity index (χ4v) is 5.91. The van der Waals surface area contributed by atoms with Gasteiger partial charge in [0.25, 0.3) is 0 Å². The normalized spacial score (nSPS) is 21.7. The zero-order chi connectivity index (χ0) is 19.7. The van der Waals surface area contributed by atoms with Gasteiger partial charge in [-0.15, -0.1) is 0 Å². The molecule has 1 saturated heterocycles. The Hall–Kier alpha value is -2.37. The quantitative estimate of drug-likeness (QED) is 0.301. The monoisotopic (exact) mass is 450 g/mol. The van der Waals surface area contributed by atoms with Crippen molar-refractivity contribution in [1.29, 1.82) is 5.41 Å². The highest BCUT2D eigenvalue weighted by atomic mass is 79.9. The van der Waals surface area contributed by atoms with E-state index in [1.807, 2.05) is 96.8 Å². The Labute approximate surface area is 177 Å². The van der Waals surface area contributed by atoms with Crippen molar-refractivity contribution in [2.75, 3.05) is 4.90 Å². The molecule has 1 aliphatic heterocycles. The second-order valence-corrected chi connectivity index (χ2v) is 9.05. The summed E-state index contributed by atoms with van der Waals surface area (Å²) in [4.78, 5) is 15.4. The number of alkyl halides is 1. The van der Waals surface area contributed by atoms with E-state index in [1.54, 1.807) is 0 Å². The third kappa shape index (κ3) is 3.19. The average Bonchev–Trinajstić information content (AvgIpc) is 3.00. The van der Waals surface area contributed by atoms with Crippen LogP contribution in [0.1, 0.15) is 21.5 Å². The number of halogens is 1. The number of carbonyl (C=O) groups is 1. The minimum atomic E-state index is -0.850.